The summed E-state index contributed by atoms with van der Waals surface area (Å²) in [6.07, 6.45) is 4.74. The average Bonchev–Trinajstić information content (AvgIpc) is 2.90. The molecule has 116 valence electrons. The van der Waals surface area contributed by atoms with Gasteiger partial charge < -0.3 is 16.2 Å². The summed E-state index contributed by atoms with van der Waals surface area (Å²) in [5.41, 5.74) is 9.64. The van der Waals surface area contributed by atoms with E-state index in [1.165, 1.54) is 11.1 Å². The maximum Gasteiger partial charge on any atom is 0.193 e. The summed E-state index contributed by atoms with van der Waals surface area (Å²) in [5, 5.41) is 13.1. The van der Waals surface area contributed by atoms with Gasteiger partial charge in [0.2, 0.25) is 0 Å². The van der Waals surface area contributed by atoms with E-state index < -0.39 is 0 Å². The van der Waals surface area contributed by atoms with E-state index in [9.17, 15) is 5.11 Å². The van der Waals surface area contributed by atoms with Crippen molar-refractivity contribution in [2.24, 2.45) is 16.6 Å². The summed E-state index contributed by atoms with van der Waals surface area (Å²) >= 11 is 0. The molecule has 0 aromatic heterocycles. The molecule has 1 aromatic carbocycles. The van der Waals surface area contributed by atoms with Gasteiger partial charge in [-0.1, -0.05) is 38.5 Å². The molecule has 4 N–H and O–H groups in total. The molecule has 1 saturated carbocycles. The summed E-state index contributed by atoms with van der Waals surface area (Å²) < 4.78 is 0. The standard InChI is InChI=1S/C17H27N3O/c1-3-12-7-5-8-13(4-2)16(12)20-17(18)19-11-14-9-6-10-15(14)21/h5,7-8,14-15,21H,3-4,6,9-11H2,1-2H3,(H3,18,19,20). The number of hydrogen-bond donors (Lipinski definition) is 3. The van der Waals surface area contributed by atoms with Gasteiger partial charge in [-0.25, -0.2) is 0 Å². The molecular formula is C17H27N3O. The third-order valence-corrected chi connectivity index (χ3v) is 4.37. The second-order valence-corrected chi connectivity index (χ2v) is 5.77. The number of guanidine groups is 1. The van der Waals surface area contributed by atoms with Gasteiger partial charge in [0.15, 0.2) is 5.96 Å². The van der Waals surface area contributed by atoms with Gasteiger partial charge in [-0.3, -0.25) is 4.99 Å². The van der Waals surface area contributed by atoms with Crippen LogP contribution in [0.1, 0.15) is 44.2 Å². The lowest BCUT2D eigenvalue weighted by Crippen LogP contribution is -2.26. The number of nitrogens with two attached hydrogens (primary N) is 1. The molecular weight excluding hydrogens is 262 g/mol. The minimum atomic E-state index is -0.212. The SMILES string of the molecule is CCc1cccc(CC)c1NC(N)=NCC1CCCC1O. The number of nitrogens with zero attached hydrogens (tertiary/aromatic N) is 1. The van der Waals surface area contributed by atoms with Crippen LogP contribution in [0.2, 0.25) is 0 Å². The molecule has 21 heavy (non-hydrogen) atoms. The van der Waals surface area contributed by atoms with Gasteiger partial charge >= 0.3 is 0 Å². The first kappa shape index (κ1) is 15.8. The Morgan fingerprint density at radius 3 is 2.48 bits per heavy atom. The highest BCUT2D eigenvalue weighted by Gasteiger charge is 2.24. The Morgan fingerprint density at radius 2 is 1.95 bits per heavy atom. The molecule has 0 aliphatic heterocycles. The molecule has 4 nitrogen and oxygen atoms in total. The zero-order valence-corrected chi connectivity index (χ0v) is 13.1. The molecule has 0 saturated heterocycles. The van der Waals surface area contributed by atoms with Crippen LogP contribution in [0.5, 0.6) is 0 Å². The second kappa shape index (κ2) is 7.46. The van der Waals surface area contributed by atoms with Crippen molar-refractivity contribution in [2.75, 3.05) is 11.9 Å². The van der Waals surface area contributed by atoms with Crippen LogP contribution in [0.25, 0.3) is 0 Å². The molecule has 0 spiro atoms. The predicted molar refractivity (Wildman–Crippen MR) is 88.7 cm³/mol. The molecule has 0 heterocycles. The maximum absolute atomic E-state index is 9.83. The van der Waals surface area contributed by atoms with Crippen LogP contribution in [0.15, 0.2) is 23.2 Å². The number of aliphatic hydroxyl groups is 1. The lowest BCUT2D eigenvalue weighted by atomic mass is 10.0. The van der Waals surface area contributed by atoms with Crippen molar-refractivity contribution in [3.63, 3.8) is 0 Å². The van der Waals surface area contributed by atoms with Crippen molar-refractivity contribution in [3.8, 4) is 0 Å². The topological polar surface area (TPSA) is 70.6 Å². The zero-order valence-electron chi connectivity index (χ0n) is 13.1. The van der Waals surface area contributed by atoms with Crippen LogP contribution >= 0.6 is 0 Å². The highest BCUT2D eigenvalue weighted by atomic mass is 16.3. The molecule has 0 bridgehead atoms. The van der Waals surface area contributed by atoms with Gasteiger partial charge in [0.05, 0.1) is 6.10 Å². The van der Waals surface area contributed by atoms with Crippen LogP contribution in [0.3, 0.4) is 0 Å². The molecule has 0 radical (unpaired) electrons. The van der Waals surface area contributed by atoms with Crippen molar-refractivity contribution in [2.45, 2.75) is 52.1 Å². The van der Waals surface area contributed by atoms with Crippen molar-refractivity contribution in [1.29, 1.82) is 0 Å². The first-order valence-electron chi connectivity index (χ1n) is 8.01. The van der Waals surface area contributed by atoms with Gasteiger partial charge in [-0.05, 0) is 36.8 Å². The number of aliphatic imine (C=N–C) groups is 1. The molecule has 2 atom stereocenters. The Kier molecular flexibility index (Phi) is 5.62. The predicted octanol–water partition coefficient (Wildman–Crippen LogP) is 2.70. The van der Waals surface area contributed by atoms with Gasteiger partial charge in [0.1, 0.15) is 0 Å². The van der Waals surface area contributed by atoms with E-state index in [0.29, 0.717) is 12.5 Å². The van der Waals surface area contributed by atoms with Crippen LogP contribution in [-0.4, -0.2) is 23.7 Å². The molecule has 2 rings (SSSR count). The Hall–Kier alpha value is -1.55. The molecule has 4 heteroatoms. The summed E-state index contributed by atoms with van der Waals surface area (Å²) in [6, 6.07) is 6.33. The lowest BCUT2D eigenvalue weighted by Gasteiger charge is -2.16. The monoisotopic (exact) mass is 289 g/mol. The van der Waals surface area contributed by atoms with E-state index in [4.69, 9.17) is 5.73 Å². The summed E-state index contributed by atoms with van der Waals surface area (Å²) in [5.74, 6) is 0.710. The molecule has 1 aromatic rings. The number of aryl methyl sites for hydroxylation is 2. The van der Waals surface area contributed by atoms with Gasteiger partial charge in [0.25, 0.3) is 0 Å². The van der Waals surface area contributed by atoms with Gasteiger partial charge in [-0.15, -0.1) is 0 Å². The summed E-state index contributed by atoms with van der Waals surface area (Å²) in [4.78, 5) is 4.43. The fraction of sp³-hybridized carbons (Fsp3) is 0.588. The van der Waals surface area contributed by atoms with Gasteiger partial charge in [-0.2, -0.15) is 0 Å². The minimum Gasteiger partial charge on any atom is -0.393 e. The third kappa shape index (κ3) is 3.97. The molecule has 2 unspecified atom stereocenters. The third-order valence-electron chi connectivity index (χ3n) is 4.37. The van der Waals surface area contributed by atoms with E-state index in [1.54, 1.807) is 0 Å². The average molecular weight is 289 g/mol. The van der Waals surface area contributed by atoms with Crippen LogP contribution < -0.4 is 11.1 Å². The first-order valence-corrected chi connectivity index (χ1v) is 8.01. The normalized spacial score (nSPS) is 22.5. The second-order valence-electron chi connectivity index (χ2n) is 5.77. The van der Waals surface area contributed by atoms with E-state index >= 15 is 0 Å². The Bertz CT molecular complexity index is 477. The molecule has 1 aliphatic rings. The van der Waals surface area contributed by atoms with Crippen molar-refractivity contribution in [1.82, 2.24) is 0 Å². The van der Waals surface area contributed by atoms with Crippen molar-refractivity contribution >= 4 is 11.6 Å². The van der Waals surface area contributed by atoms with Crippen LogP contribution in [-0.2, 0) is 12.8 Å². The van der Waals surface area contributed by atoms with Crippen molar-refractivity contribution in [3.05, 3.63) is 29.3 Å². The fourth-order valence-electron chi connectivity index (χ4n) is 3.02. The minimum absolute atomic E-state index is 0.212. The summed E-state index contributed by atoms with van der Waals surface area (Å²) in [6.45, 7) is 4.89. The Balaban J connectivity index is 2.06. The molecule has 1 fully saturated rings. The summed E-state index contributed by atoms with van der Waals surface area (Å²) in [7, 11) is 0. The Morgan fingerprint density at radius 1 is 1.29 bits per heavy atom. The van der Waals surface area contributed by atoms with Crippen LogP contribution in [0, 0.1) is 5.92 Å². The van der Waals surface area contributed by atoms with Crippen LogP contribution in [0.4, 0.5) is 5.69 Å². The van der Waals surface area contributed by atoms with E-state index in [-0.39, 0.29) is 12.0 Å². The zero-order chi connectivity index (χ0) is 15.2. The molecule has 0 amide bonds. The number of benzene rings is 1. The number of rotatable bonds is 5. The first-order chi connectivity index (χ1) is 10.2. The lowest BCUT2D eigenvalue weighted by molar-refractivity contribution is 0.137. The van der Waals surface area contributed by atoms with Crippen molar-refractivity contribution < 1.29 is 5.11 Å². The number of hydrogen-bond acceptors (Lipinski definition) is 2. The Labute approximate surface area is 127 Å². The number of anilines is 1. The number of aliphatic hydroxyl groups excluding tert-OH is 1. The van der Waals surface area contributed by atoms with E-state index in [1.807, 2.05) is 0 Å². The molecule has 1 aliphatic carbocycles. The fourth-order valence-corrected chi connectivity index (χ4v) is 3.02. The largest absolute Gasteiger partial charge is 0.393 e. The smallest absolute Gasteiger partial charge is 0.193 e. The highest BCUT2D eigenvalue weighted by Crippen LogP contribution is 2.26. The number of nitrogens with one attached hydrogen (secondary N) is 1. The highest BCUT2D eigenvalue weighted by molar-refractivity contribution is 5.93. The van der Waals surface area contributed by atoms with E-state index in [2.05, 4.69) is 42.4 Å². The number of para-hydroxylation sites is 1. The maximum atomic E-state index is 9.83. The van der Waals surface area contributed by atoms with E-state index in [0.717, 1.165) is 37.8 Å². The van der Waals surface area contributed by atoms with Gasteiger partial charge in [0, 0.05) is 18.2 Å². The quantitative estimate of drug-likeness (QED) is 0.576.